The first kappa shape index (κ1) is 12.7. The van der Waals surface area contributed by atoms with Crippen molar-refractivity contribution in [2.75, 3.05) is 19.8 Å². The Balaban J connectivity index is 2.62. The van der Waals surface area contributed by atoms with Crippen LogP contribution in [0.4, 0.5) is 0 Å². The van der Waals surface area contributed by atoms with Crippen LogP contribution in [0.2, 0.25) is 5.15 Å². The predicted octanol–water partition coefficient (Wildman–Crippen LogP) is 1.85. The highest BCUT2D eigenvalue weighted by molar-refractivity contribution is 6.29. The molecule has 5 nitrogen and oxygen atoms in total. The Bertz CT molecular complexity index is 370. The van der Waals surface area contributed by atoms with E-state index >= 15 is 0 Å². The van der Waals surface area contributed by atoms with Crippen LogP contribution >= 0.6 is 11.6 Å². The van der Waals surface area contributed by atoms with E-state index < -0.39 is 5.97 Å². The maximum Gasteiger partial charge on any atom is 0.335 e. The van der Waals surface area contributed by atoms with Crippen molar-refractivity contribution >= 4 is 17.6 Å². The second kappa shape index (κ2) is 6.30. The lowest BCUT2D eigenvalue weighted by Crippen LogP contribution is -2.08. The molecule has 0 unspecified atom stereocenters. The van der Waals surface area contributed by atoms with Crippen molar-refractivity contribution in [2.45, 2.75) is 6.92 Å². The summed E-state index contributed by atoms with van der Waals surface area (Å²) in [5, 5.41) is 8.87. The second-order valence-electron chi connectivity index (χ2n) is 2.87. The third-order valence-electron chi connectivity index (χ3n) is 1.70. The fourth-order valence-corrected chi connectivity index (χ4v) is 1.22. The van der Waals surface area contributed by atoms with Crippen LogP contribution < -0.4 is 4.74 Å². The molecule has 0 atom stereocenters. The van der Waals surface area contributed by atoms with E-state index in [-0.39, 0.29) is 16.6 Å². The van der Waals surface area contributed by atoms with Gasteiger partial charge in [-0.3, -0.25) is 0 Å². The lowest BCUT2D eigenvalue weighted by atomic mass is 10.3. The van der Waals surface area contributed by atoms with Gasteiger partial charge in [-0.1, -0.05) is 11.6 Å². The van der Waals surface area contributed by atoms with Crippen LogP contribution in [-0.2, 0) is 4.74 Å². The van der Waals surface area contributed by atoms with Crippen LogP contribution in [0.1, 0.15) is 17.3 Å². The van der Waals surface area contributed by atoms with Crippen molar-refractivity contribution in [3.63, 3.8) is 0 Å². The minimum absolute atomic E-state index is 0.0476. The molecule has 1 aromatic heterocycles. The van der Waals surface area contributed by atoms with Crippen molar-refractivity contribution in [3.05, 3.63) is 22.8 Å². The molecule has 6 heteroatoms. The van der Waals surface area contributed by atoms with Gasteiger partial charge >= 0.3 is 5.97 Å². The van der Waals surface area contributed by atoms with Gasteiger partial charge in [0.1, 0.15) is 11.8 Å². The Labute approximate surface area is 98.0 Å². The van der Waals surface area contributed by atoms with Crippen LogP contribution in [-0.4, -0.2) is 35.9 Å². The summed E-state index contributed by atoms with van der Waals surface area (Å²) in [6, 6.07) is 2.58. The lowest BCUT2D eigenvalue weighted by Gasteiger charge is -2.06. The summed E-state index contributed by atoms with van der Waals surface area (Å²) < 4.78 is 10.3. The van der Waals surface area contributed by atoms with E-state index in [1.165, 1.54) is 12.1 Å². The highest BCUT2D eigenvalue weighted by atomic mass is 35.5. The van der Waals surface area contributed by atoms with E-state index in [1.54, 1.807) is 0 Å². The number of carbonyl (C=O) groups is 1. The van der Waals surface area contributed by atoms with E-state index in [2.05, 4.69) is 4.98 Å². The predicted molar refractivity (Wildman–Crippen MR) is 58.2 cm³/mol. The Morgan fingerprint density at radius 2 is 2.25 bits per heavy atom. The summed E-state index contributed by atoms with van der Waals surface area (Å²) >= 11 is 5.65. The number of aromatic nitrogens is 1. The molecule has 88 valence electrons. The SMILES string of the molecule is CCOCCOc1cc(C(=O)O)cc(Cl)n1. The van der Waals surface area contributed by atoms with Gasteiger partial charge in [-0.05, 0) is 13.0 Å². The number of pyridine rings is 1. The molecule has 0 saturated carbocycles. The Morgan fingerprint density at radius 3 is 2.88 bits per heavy atom. The smallest absolute Gasteiger partial charge is 0.335 e. The molecule has 0 aliphatic rings. The molecular weight excluding hydrogens is 234 g/mol. The van der Waals surface area contributed by atoms with E-state index in [0.29, 0.717) is 19.8 Å². The molecule has 1 aromatic rings. The largest absolute Gasteiger partial charge is 0.478 e. The average molecular weight is 246 g/mol. The fraction of sp³-hybridized carbons (Fsp3) is 0.400. The molecule has 16 heavy (non-hydrogen) atoms. The zero-order valence-corrected chi connectivity index (χ0v) is 9.53. The van der Waals surface area contributed by atoms with Crippen LogP contribution in [0.3, 0.4) is 0 Å². The molecule has 1 rings (SSSR count). The summed E-state index contributed by atoms with van der Waals surface area (Å²) in [7, 11) is 0. The van der Waals surface area contributed by atoms with Crippen molar-refractivity contribution in [1.29, 1.82) is 0 Å². The van der Waals surface area contributed by atoms with Gasteiger partial charge in [0.25, 0.3) is 0 Å². The molecule has 0 saturated heterocycles. The first-order valence-electron chi connectivity index (χ1n) is 4.75. The van der Waals surface area contributed by atoms with E-state index in [9.17, 15) is 4.79 Å². The summed E-state index contributed by atoms with van der Waals surface area (Å²) in [5.41, 5.74) is 0.0476. The molecule has 0 spiro atoms. The van der Waals surface area contributed by atoms with Gasteiger partial charge in [0.15, 0.2) is 0 Å². The first-order chi connectivity index (χ1) is 7.63. The highest BCUT2D eigenvalue weighted by Gasteiger charge is 2.08. The molecular formula is C10H12ClNO4. The molecule has 0 radical (unpaired) electrons. The number of halogens is 1. The molecule has 0 bridgehead atoms. The van der Waals surface area contributed by atoms with E-state index in [0.717, 1.165) is 0 Å². The van der Waals surface area contributed by atoms with E-state index in [1.807, 2.05) is 6.92 Å². The van der Waals surface area contributed by atoms with Crippen molar-refractivity contribution in [2.24, 2.45) is 0 Å². The Kier molecular flexibility index (Phi) is 5.01. The minimum Gasteiger partial charge on any atom is -0.478 e. The average Bonchev–Trinajstić information content (AvgIpc) is 2.23. The standard InChI is InChI=1S/C10H12ClNO4/c1-2-15-3-4-16-9-6-7(10(13)14)5-8(11)12-9/h5-6H,2-4H2,1H3,(H,13,14). The second-order valence-corrected chi connectivity index (χ2v) is 3.25. The first-order valence-corrected chi connectivity index (χ1v) is 5.12. The van der Waals surface area contributed by atoms with Crippen molar-refractivity contribution < 1.29 is 19.4 Å². The van der Waals surface area contributed by atoms with Gasteiger partial charge in [-0.15, -0.1) is 0 Å². The number of nitrogens with zero attached hydrogens (tertiary/aromatic N) is 1. The van der Waals surface area contributed by atoms with Gasteiger partial charge in [0.2, 0.25) is 5.88 Å². The molecule has 1 heterocycles. The van der Waals surface area contributed by atoms with Crippen LogP contribution in [0.5, 0.6) is 5.88 Å². The molecule has 1 N–H and O–H groups in total. The molecule has 0 amide bonds. The molecule has 0 fully saturated rings. The monoisotopic (exact) mass is 245 g/mol. The quantitative estimate of drug-likeness (QED) is 0.612. The van der Waals surface area contributed by atoms with Crippen LogP contribution in [0, 0.1) is 0 Å². The number of hydrogen-bond acceptors (Lipinski definition) is 4. The number of carboxylic acids is 1. The maximum atomic E-state index is 10.7. The van der Waals surface area contributed by atoms with Gasteiger partial charge in [0, 0.05) is 12.7 Å². The number of aromatic carboxylic acids is 1. The third-order valence-corrected chi connectivity index (χ3v) is 1.89. The summed E-state index contributed by atoms with van der Waals surface area (Å²) in [6.45, 7) is 3.21. The zero-order valence-electron chi connectivity index (χ0n) is 8.77. The topological polar surface area (TPSA) is 68.7 Å². The van der Waals surface area contributed by atoms with E-state index in [4.69, 9.17) is 26.2 Å². The summed E-state index contributed by atoms with van der Waals surface area (Å²) in [5.74, 6) is -0.886. The van der Waals surface area contributed by atoms with Crippen LogP contribution in [0.15, 0.2) is 12.1 Å². The zero-order chi connectivity index (χ0) is 12.0. The number of ether oxygens (including phenoxy) is 2. The molecule has 0 aliphatic heterocycles. The Hall–Kier alpha value is -1.33. The molecule has 0 aliphatic carbocycles. The maximum absolute atomic E-state index is 10.7. The van der Waals surface area contributed by atoms with Gasteiger partial charge in [-0.25, -0.2) is 9.78 Å². The Morgan fingerprint density at radius 1 is 1.50 bits per heavy atom. The number of hydrogen-bond donors (Lipinski definition) is 1. The number of rotatable bonds is 6. The highest BCUT2D eigenvalue weighted by Crippen LogP contribution is 2.16. The van der Waals surface area contributed by atoms with Gasteiger partial charge < -0.3 is 14.6 Å². The van der Waals surface area contributed by atoms with Gasteiger partial charge in [0.05, 0.1) is 12.2 Å². The third kappa shape index (κ3) is 4.04. The normalized spacial score (nSPS) is 10.1. The summed E-state index contributed by atoms with van der Waals surface area (Å²) in [4.78, 5) is 14.6. The van der Waals surface area contributed by atoms with Crippen molar-refractivity contribution in [3.8, 4) is 5.88 Å². The number of carboxylic acid groups (broad SMARTS) is 1. The summed E-state index contributed by atoms with van der Waals surface area (Å²) in [6.07, 6.45) is 0. The lowest BCUT2D eigenvalue weighted by molar-refractivity contribution is 0.0695. The minimum atomic E-state index is -1.07. The van der Waals surface area contributed by atoms with Gasteiger partial charge in [-0.2, -0.15) is 0 Å². The molecule has 0 aromatic carbocycles. The van der Waals surface area contributed by atoms with Crippen molar-refractivity contribution in [1.82, 2.24) is 4.98 Å². The fourth-order valence-electron chi connectivity index (χ4n) is 1.02. The van der Waals surface area contributed by atoms with Crippen LogP contribution in [0.25, 0.3) is 0 Å².